The Morgan fingerprint density at radius 2 is 2.00 bits per heavy atom. The first-order valence-corrected chi connectivity index (χ1v) is 7.36. The summed E-state index contributed by atoms with van der Waals surface area (Å²) in [6.45, 7) is 0. The van der Waals surface area contributed by atoms with Gasteiger partial charge in [-0.3, -0.25) is 0 Å². The molecule has 1 aliphatic heterocycles. The lowest BCUT2D eigenvalue weighted by molar-refractivity contribution is -0.130. The third kappa shape index (κ3) is 2.74. The maximum absolute atomic E-state index is 11.8. The summed E-state index contributed by atoms with van der Waals surface area (Å²) < 4.78 is 5.27. The van der Waals surface area contributed by atoms with Crippen LogP contribution in [-0.4, -0.2) is 11.9 Å². The second kappa shape index (κ2) is 5.58. The SMILES string of the molecule is O=C1OC(C2CCCC2)=N/C1=C\c1ccc(Cl)cc1Cl. The molecule has 3 nitrogen and oxygen atoms in total. The van der Waals surface area contributed by atoms with Crippen LogP contribution in [0.5, 0.6) is 0 Å². The quantitative estimate of drug-likeness (QED) is 0.597. The Labute approximate surface area is 127 Å². The van der Waals surface area contributed by atoms with Crippen molar-refractivity contribution in [3.63, 3.8) is 0 Å². The van der Waals surface area contributed by atoms with Crippen LogP contribution in [-0.2, 0) is 9.53 Å². The predicted molar refractivity (Wildman–Crippen MR) is 79.9 cm³/mol. The van der Waals surface area contributed by atoms with E-state index in [9.17, 15) is 4.79 Å². The van der Waals surface area contributed by atoms with Gasteiger partial charge < -0.3 is 4.74 Å². The van der Waals surface area contributed by atoms with Crippen LogP contribution >= 0.6 is 23.2 Å². The van der Waals surface area contributed by atoms with Gasteiger partial charge in [-0.15, -0.1) is 0 Å². The molecule has 2 aliphatic rings. The first kappa shape index (κ1) is 13.7. The Balaban J connectivity index is 1.88. The molecule has 1 aromatic rings. The molecule has 1 heterocycles. The summed E-state index contributed by atoms with van der Waals surface area (Å²) >= 11 is 11.9. The number of nitrogens with zero attached hydrogens (tertiary/aromatic N) is 1. The number of carbonyl (C=O) groups excluding carboxylic acids is 1. The van der Waals surface area contributed by atoms with E-state index in [0.717, 1.165) is 12.8 Å². The molecule has 0 radical (unpaired) electrons. The molecule has 0 unspecified atom stereocenters. The largest absolute Gasteiger partial charge is 0.406 e. The lowest BCUT2D eigenvalue weighted by atomic mass is 10.1. The highest BCUT2D eigenvalue weighted by molar-refractivity contribution is 6.35. The molecule has 104 valence electrons. The summed E-state index contributed by atoms with van der Waals surface area (Å²) in [5, 5.41) is 1.05. The van der Waals surface area contributed by atoms with Crippen molar-refractivity contribution in [2.45, 2.75) is 25.7 Å². The maximum Gasteiger partial charge on any atom is 0.363 e. The van der Waals surface area contributed by atoms with E-state index in [-0.39, 0.29) is 5.92 Å². The molecule has 1 aromatic carbocycles. The molecule has 0 spiro atoms. The maximum atomic E-state index is 11.8. The van der Waals surface area contributed by atoms with Crippen molar-refractivity contribution in [3.05, 3.63) is 39.5 Å². The summed E-state index contributed by atoms with van der Waals surface area (Å²) in [5.74, 6) is 0.437. The molecule has 1 aliphatic carbocycles. The van der Waals surface area contributed by atoms with Crippen LogP contribution in [0, 0.1) is 5.92 Å². The van der Waals surface area contributed by atoms with Crippen LogP contribution in [0.4, 0.5) is 0 Å². The molecule has 1 saturated carbocycles. The van der Waals surface area contributed by atoms with Gasteiger partial charge in [0.2, 0.25) is 5.90 Å². The average Bonchev–Trinajstić information content (AvgIpc) is 3.03. The van der Waals surface area contributed by atoms with Gasteiger partial charge in [-0.25, -0.2) is 9.79 Å². The molecule has 0 atom stereocenters. The number of rotatable bonds is 2. The molecule has 20 heavy (non-hydrogen) atoms. The van der Waals surface area contributed by atoms with E-state index >= 15 is 0 Å². The van der Waals surface area contributed by atoms with E-state index in [4.69, 9.17) is 27.9 Å². The Bertz CT molecular complexity index is 616. The zero-order valence-corrected chi connectivity index (χ0v) is 12.2. The third-order valence-electron chi connectivity index (χ3n) is 3.60. The number of esters is 1. The lowest BCUT2D eigenvalue weighted by Gasteiger charge is -2.05. The van der Waals surface area contributed by atoms with Gasteiger partial charge in [0.25, 0.3) is 0 Å². The summed E-state index contributed by atoms with van der Waals surface area (Å²) in [6.07, 6.45) is 6.07. The summed E-state index contributed by atoms with van der Waals surface area (Å²) in [7, 11) is 0. The topological polar surface area (TPSA) is 38.7 Å². The fraction of sp³-hybridized carbons (Fsp3) is 0.333. The van der Waals surface area contributed by atoms with Crippen LogP contribution < -0.4 is 0 Å². The fourth-order valence-electron chi connectivity index (χ4n) is 2.54. The number of cyclic esters (lactones) is 1. The number of hydrogen-bond acceptors (Lipinski definition) is 3. The Kier molecular flexibility index (Phi) is 3.81. The fourth-order valence-corrected chi connectivity index (χ4v) is 3.00. The van der Waals surface area contributed by atoms with E-state index in [1.54, 1.807) is 24.3 Å². The highest BCUT2D eigenvalue weighted by Gasteiger charge is 2.31. The first-order valence-electron chi connectivity index (χ1n) is 6.61. The molecule has 0 amide bonds. The van der Waals surface area contributed by atoms with Crippen molar-refractivity contribution in [2.24, 2.45) is 10.9 Å². The molecule has 0 aromatic heterocycles. The van der Waals surface area contributed by atoms with Crippen LogP contribution in [0.15, 0.2) is 28.9 Å². The van der Waals surface area contributed by atoms with Gasteiger partial charge in [-0.2, -0.15) is 0 Å². The van der Waals surface area contributed by atoms with E-state index in [1.807, 2.05) is 0 Å². The third-order valence-corrected chi connectivity index (χ3v) is 4.16. The Morgan fingerprint density at radius 1 is 1.25 bits per heavy atom. The van der Waals surface area contributed by atoms with Gasteiger partial charge in [0, 0.05) is 16.0 Å². The molecule has 0 bridgehead atoms. The van der Waals surface area contributed by atoms with Crippen molar-refractivity contribution in [3.8, 4) is 0 Å². The van der Waals surface area contributed by atoms with E-state index < -0.39 is 5.97 Å². The number of benzene rings is 1. The van der Waals surface area contributed by atoms with Crippen LogP contribution in [0.25, 0.3) is 6.08 Å². The average molecular weight is 310 g/mol. The van der Waals surface area contributed by atoms with Crippen molar-refractivity contribution in [1.82, 2.24) is 0 Å². The molecular weight excluding hydrogens is 297 g/mol. The zero-order chi connectivity index (χ0) is 14.1. The van der Waals surface area contributed by atoms with Crippen molar-refractivity contribution in [1.29, 1.82) is 0 Å². The monoisotopic (exact) mass is 309 g/mol. The second-order valence-corrected chi connectivity index (χ2v) is 5.86. The number of aliphatic imine (C=N–C) groups is 1. The van der Waals surface area contributed by atoms with Gasteiger partial charge in [0.15, 0.2) is 5.70 Å². The minimum atomic E-state index is -0.405. The van der Waals surface area contributed by atoms with Crippen LogP contribution in [0.1, 0.15) is 31.2 Å². The first-order chi connectivity index (χ1) is 9.63. The van der Waals surface area contributed by atoms with E-state index in [1.165, 1.54) is 12.8 Å². The normalized spacial score (nSPS) is 21.4. The van der Waals surface area contributed by atoms with Crippen molar-refractivity contribution >= 4 is 41.1 Å². The number of ether oxygens (including phenoxy) is 1. The number of hydrogen-bond donors (Lipinski definition) is 0. The van der Waals surface area contributed by atoms with E-state index in [0.29, 0.717) is 27.2 Å². The summed E-state index contributed by atoms with van der Waals surface area (Å²) in [6, 6.07) is 5.12. The molecule has 0 saturated heterocycles. The number of halogens is 2. The van der Waals surface area contributed by atoms with E-state index in [2.05, 4.69) is 4.99 Å². The molecule has 1 fully saturated rings. The van der Waals surface area contributed by atoms with Gasteiger partial charge in [-0.1, -0.05) is 42.1 Å². The van der Waals surface area contributed by atoms with Gasteiger partial charge >= 0.3 is 5.97 Å². The lowest BCUT2D eigenvalue weighted by Crippen LogP contribution is -2.12. The number of carbonyl (C=O) groups is 1. The van der Waals surface area contributed by atoms with Crippen molar-refractivity contribution in [2.75, 3.05) is 0 Å². The molecular formula is C15H13Cl2NO2. The minimum Gasteiger partial charge on any atom is -0.406 e. The second-order valence-electron chi connectivity index (χ2n) is 5.02. The highest BCUT2D eigenvalue weighted by atomic mass is 35.5. The van der Waals surface area contributed by atoms with Gasteiger partial charge in [0.05, 0.1) is 0 Å². The summed E-state index contributed by atoms with van der Waals surface area (Å²) in [5.41, 5.74) is 1.01. The minimum absolute atomic E-state index is 0.283. The molecule has 0 N–H and O–H groups in total. The Hall–Kier alpha value is -1.32. The van der Waals surface area contributed by atoms with Crippen LogP contribution in [0.3, 0.4) is 0 Å². The molecule has 3 rings (SSSR count). The van der Waals surface area contributed by atoms with Gasteiger partial charge in [-0.05, 0) is 36.6 Å². The summed E-state index contributed by atoms with van der Waals surface area (Å²) in [4.78, 5) is 16.2. The molecule has 5 heteroatoms. The van der Waals surface area contributed by atoms with Gasteiger partial charge in [0.1, 0.15) is 0 Å². The van der Waals surface area contributed by atoms with Crippen LogP contribution in [0.2, 0.25) is 10.0 Å². The standard InChI is InChI=1S/C15H13Cl2NO2/c16-11-6-5-10(12(17)8-11)7-13-15(19)20-14(18-13)9-3-1-2-4-9/h5-9H,1-4H2/b13-7-. The zero-order valence-electron chi connectivity index (χ0n) is 10.7. The predicted octanol–water partition coefficient (Wildman–Crippen LogP) is 4.48. The highest BCUT2D eigenvalue weighted by Crippen LogP contribution is 2.31. The van der Waals surface area contributed by atoms with Crippen molar-refractivity contribution < 1.29 is 9.53 Å². The Morgan fingerprint density at radius 3 is 2.70 bits per heavy atom. The smallest absolute Gasteiger partial charge is 0.363 e.